The van der Waals surface area contributed by atoms with Crippen LogP contribution in [0.2, 0.25) is 5.02 Å². The number of carbonyl (C=O) groups excluding carboxylic acids is 1. The topological polar surface area (TPSA) is 50.8 Å². The number of likely N-dealkylation sites (tertiary alicyclic amines) is 1. The Labute approximate surface area is 171 Å². The molecule has 5 nitrogen and oxygen atoms in total. The zero-order chi connectivity index (χ0) is 20.1. The number of hydrogen-bond acceptors (Lipinski definition) is 4. The van der Waals surface area contributed by atoms with Gasteiger partial charge >= 0.3 is 0 Å². The molecule has 0 bridgehead atoms. The summed E-state index contributed by atoms with van der Waals surface area (Å²) in [6, 6.07) is 13.4. The van der Waals surface area contributed by atoms with Crippen LogP contribution in [-0.4, -0.2) is 38.1 Å². The minimum atomic E-state index is -0.00921. The largest absolute Gasteiger partial charge is 0.497 e. The van der Waals surface area contributed by atoms with E-state index in [0.717, 1.165) is 42.0 Å². The summed E-state index contributed by atoms with van der Waals surface area (Å²) in [6.07, 6.45) is 1.88. The van der Waals surface area contributed by atoms with E-state index in [1.165, 1.54) is 0 Å². The van der Waals surface area contributed by atoms with Crippen LogP contribution >= 0.6 is 11.6 Å². The van der Waals surface area contributed by atoms with Crippen LogP contribution in [0, 0.1) is 0 Å². The SMILES string of the molecule is COc1ccc(OC)c([C@@H]2CCCN2C(=O)CN[C@H](C)c2ccccc2Cl)c1. The number of hydrogen-bond donors (Lipinski definition) is 1. The lowest BCUT2D eigenvalue weighted by atomic mass is 10.0. The van der Waals surface area contributed by atoms with Crippen molar-refractivity contribution in [1.82, 2.24) is 10.2 Å². The summed E-state index contributed by atoms with van der Waals surface area (Å²) in [4.78, 5) is 14.9. The average Bonchev–Trinajstić information content (AvgIpc) is 3.21. The fourth-order valence-electron chi connectivity index (χ4n) is 3.77. The number of rotatable bonds is 7. The summed E-state index contributed by atoms with van der Waals surface area (Å²) in [7, 11) is 3.29. The lowest BCUT2D eigenvalue weighted by Gasteiger charge is -2.27. The van der Waals surface area contributed by atoms with Crippen molar-refractivity contribution < 1.29 is 14.3 Å². The van der Waals surface area contributed by atoms with Crippen molar-refractivity contribution in [1.29, 1.82) is 0 Å². The number of amides is 1. The molecule has 1 aliphatic rings. The summed E-state index contributed by atoms with van der Waals surface area (Å²) in [5.74, 6) is 1.62. The lowest BCUT2D eigenvalue weighted by Crippen LogP contribution is -2.38. The molecule has 2 atom stereocenters. The Kier molecular flexibility index (Phi) is 6.81. The van der Waals surface area contributed by atoms with E-state index in [2.05, 4.69) is 5.32 Å². The predicted molar refractivity (Wildman–Crippen MR) is 111 cm³/mol. The first-order chi connectivity index (χ1) is 13.5. The summed E-state index contributed by atoms with van der Waals surface area (Å²) < 4.78 is 10.9. The zero-order valence-corrected chi connectivity index (χ0v) is 17.3. The van der Waals surface area contributed by atoms with Crippen LogP contribution in [0.25, 0.3) is 0 Å². The van der Waals surface area contributed by atoms with Crippen LogP contribution in [0.15, 0.2) is 42.5 Å². The van der Waals surface area contributed by atoms with Crippen LogP contribution in [0.5, 0.6) is 11.5 Å². The smallest absolute Gasteiger partial charge is 0.237 e. The molecule has 2 aromatic carbocycles. The van der Waals surface area contributed by atoms with Crippen molar-refractivity contribution in [3.8, 4) is 11.5 Å². The number of nitrogens with one attached hydrogen (secondary N) is 1. The van der Waals surface area contributed by atoms with Crippen LogP contribution in [0.1, 0.15) is 43.0 Å². The second-order valence-corrected chi connectivity index (χ2v) is 7.38. The highest BCUT2D eigenvalue weighted by Crippen LogP contribution is 2.38. The van der Waals surface area contributed by atoms with E-state index in [9.17, 15) is 4.79 Å². The highest BCUT2D eigenvalue weighted by Gasteiger charge is 2.32. The normalized spacial score (nSPS) is 17.4. The van der Waals surface area contributed by atoms with Gasteiger partial charge in [-0.25, -0.2) is 0 Å². The summed E-state index contributed by atoms with van der Waals surface area (Å²) >= 11 is 6.27. The molecule has 0 aromatic heterocycles. The lowest BCUT2D eigenvalue weighted by molar-refractivity contribution is -0.131. The first kappa shape index (κ1) is 20.5. The van der Waals surface area contributed by atoms with E-state index < -0.39 is 0 Å². The number of methoxy groups -OCH3 is 2. The molecule has 0 radical (unpaired) electrons. The fourth-order valence-corrected chi connectivity index (χ4v) is 4.07. The minimum absolute atomic E-state index is 0.00466. The molecule has 150 valence electrons. The second-order valence-electron chi connectivity index (χ2n) is 6.98. The Morgan fingerprint density at radius 2 is 2.04 bits per heavy atom. The molecule has 1 aliphatic heterocycles. The van der Waals surface area contributed by atoms with Crippen molar-refractivity contribution in [2.75, 3.05) is 27.3 Å². The standard InChI is InChI=1S/C22H27ClN2O3/c1-15(17-7-4-5-8-19(17)23)24-14-22(26)25-12-6-9-20(25)18-13-16(27-2)10-11-21(18)28-3/h4-5,7-8,10-11,13,15,20,24H,6,9,12,14H2,1-3H3/t15-,20+/m1/s1. The molecule has 0 aliphatic carbocycles. The first-order valence-corrected chi connectivity index (χ1v) is 9.92. The van der Waals surface area contributed by atoms with Crippen molar-refractivity contribution in [3.05, 3.63) is 58.6 Å². The average molecular weight is 403 g/mol. The summed E-state index contributed by atoms with van der Waals surface area (Å²) in [5.41, 5.74) is 1.98. The van der Waals surface area contributed by atoms with Gasteiger partial charge in [-0.05, 0) is 49.6 Å². The van der Waals surface area contributed by atoms with Gasteiger partial charge in [0.2, 0.25) is 5.91 Å². The number of carbonyl (C=O) groups is 1. The highest BCUT2D eigenvalue weighted by molar-refractivity contribution is 6.31. The summed E-state index contributed by atoms with van der Waals surface area (Å²) in [6.45, 7) is 3.02. The monoisotopic (exact) mass is 402 g/mol. The predicted octanol–water partition coefficient (Wildman–Crippen LogP) is 4.37. The van der Waals surface area contributed by atoms with E-state index in [1.54, 1.807) is 14.2 Å². The van der Waals surface area contributed by atoms with E-state index in [4.69, 9.17) is 21.1 Å². The highest BCUT2D eigenvalue weighted by atomic mass is 35.5. The quantitative estimate of drug-likeness (QED) is 0.747. The molecule has 0 saturated carbocycles. The van der Waals surface area contributed by atoms with Crippen LogP contribution in [0.4, 0.5) is 0 Å². The Morgan fingerprint density at radius 1 is 1.25 bits per heavy atom. The molecular formula is C22H27ClN2O3. The van der Waals surface area contributed by atoms with E-state index in [0.29, 0.717) is 5.02 Å². The number of ether oxygens (including phenoxy) is 2. The number of halogens is 1. The van der Waals surface area contributed by atoms with Crippen molar-refractivity contribution >= 4 is 17.5 Å². The molecule has 28 heavy (non-hydrogen) atoms. The Hall–Kier alpha value is -2.24. The molecule has 1 saturated heterocycles. The van der Waals surface area contributed by atoms with Gasteiger partial charge < -0.3 is 19.7 Å². The van der Waals surface area contributed by atoms with Crippen molar-refractivity contribution in [3.63, 3.8) is 0 Å². The van der Waals surface area contributed by atoms with Gasteiger partial charge in [0.25, 0.3) is 0 Å². The van der Waals surface area contributed by atoms with Crippen LogP contribution in [-0.2, 0) is 4.79 Å². The Balaban J connectivity index is 1.71. The molecule has 0 spiro atoms. The maximum absolute atomic E-state index is 13.0. The first-order valence-electron chi connectivity index (χ1n) is 9.54. The van der Waals surface area contributed by atoms with Gasteiger partial charge in [0, 0.05) is 23.2 Å². The molecule has 1 N–H and O–H groups in total. The molecule has 6 heteroatoms. The van der Waals surface area contributed by atoms with Crippen LogP contribution in [0.3, 0.4) is 0 Å². The van der Waals surface area contributed by atoms with Gasteiger partial charge in [0.1, 0.15) is 11.5 Å². The molecule has 0 unspecified atom stereocenters. The number of nitrogens with zero attached hydrogens (tertiary/aromatic N) is 1. The Morgan fingerprint density at radius 3 is 2.75 bits per heavy atom. The van der Waals surface area contributed by atoms with Crippen molar-refractivity contribution in [2.45, 2.75) is 31.8 Å². The van der Waals surface area contributed by atoms with E-state index in [-0.39, 0.29) is 24.5 Å². The third-order valence-corrected chi connectivity index (χ3v) is 5.64. The molecule has 1 fully saturated rings. The third kappa shape index (κ3) is 4.42. The van der Waals surface area contributed by atoms with Gasteiger partial charge in [-0.1, -0.05) is 29.8 Å². The van der Waals surface area contributed by atoms with Gasteiger partial charge in [-0.3, -0.25) is 4.79 Å². The number of benzene rings is 2. The molecular weight excluding hydrogens is 376 g/mol. The van der Waals surface area contributed by atoms with Gasteiger partial charge in [-0.15, -0.1) is 0 Å². The van der Waals surface area contributed by atoms with Crippen LogP contribution < -0.4 is 14.8 Å². The van der Waals surface area contributed by atoms with E-state index in [1.807, 2.05) is 54.3 Å². The molecule has 1 heterocycles. The van der Waals surface area contributed by atoms with Crippen molar-refractivity contribution in [2.24, 2.45) is 0 Å². The fraction of sp³-hybridized carbons (Fsp3) is 0.409. The molecule has 2 aromatic rings. The maximum Gasteiger partial charge on any atom is 0.237 e. The van der Waals surface area contributed by atoms with Gasteiger partial charge in [0.15, 0.2) is 0 Å². The van der Waals surface area contributed by atoms with Gasteiger partial charge in [0.05, 0.1) is 26.8 Å². The molecule has 1 amide bonds. The van der Waals surface area contributed by atoms with E-state index >= 15 is 0 Å². The maximum atomic E-state index is 13.0. The summed E-state index contributed by atoms with van der Waals surface area (Å²) in [5, 5.41) is 4.01. The van der Waals surface area contributed by atoms with Gasteiger partial charge in [-0.2, -0.15) is 0 Å². The zero-order valence-electron chi connectivity index (χ0n) is 16.6. The third-order valence-electron chi connectivity index (χ3n) is 5.30. The Bertz CT molecular complexity index is 827. The minimum Gasteiger partial charge on any atom is -0.497 e. The molecule has 3 rings (SSSR count). The second kappa shape index (κ2) is 9.30.